The summed E-state index contributed by atoms with van der Waals surface area (Å²) in [6.07, 6.45) is 3.52. The molecule has 1 aliphatic carbocycles. The molecule has 0 spiro atoms. The van der Waals surface area contributed by atoms with E-state index in [-0.39, 0.29) is 30.3 Å². The summed E-state index contributed by atoms with van der Waals surface area (Å²) in [5.74, 6) is 0.780. The molecule has 0 atom stereocenters. The highest BCUT2D eigenvalue weighted by Gasteiger charge is 2.27. The number of carbonyl (C=O) groups is 1. The van der Waals surface area contributed by atoms with E-state index in [4.69, 9.17) is 27.5 Å². The van der Waals surface area contributed by atoms with E-state index in [1.807, 2.05) is 0 Å². The zero-order valence-electron chi connectivity index (χ0n) is 12.2. The van der Waals surface area contributed by atoms with Crippen LogP contribution in [0.5, 0.6) is 5.75 Å². The second-order valence-corrected chi connectivity index (χ2v) is 5.82. The third-order valence-corrected chi connectivity index (χ3v) is 4.05. The van der Waals surface area contributed by atoms with Crippen LogP contribution in [0.25, 0.3) is 0 Å². The van der Waals surface area contributed by atoms with E-state index < -0.39 is 0 Å². The molecule has 1 aliphatic rings. The van der Waals surface area contributed by atoms with E-state index in [9.17, 15) is 4.79 Å². The van der Waals surface area contributed by atoms with Crippen molar-refractivity contribution in [3.8, 4) is 5.75 Å². The number of halogens is 2. The first kappa shape index (κ1) is 18.6. The Labute approximate surface area is 141 Å². The van der Waals surface area contributed by atoms with E-state index in [1.54, 1.807) is 24.3 Å². The molecule has 1 saturated carbocycles. The average molecular weight is 346 g/mol. The molecule has 0 bridgehead atoms. The van der Waals surface area contributed by atoms with Crippen molar-refractivity contribution in [3.63, 3.8) is 0 Å². The van der Waals surface area contributed by atoms with Crippen molar-refractivity contribution in [2.24, 2.45) is 17.6 Å². The topological polar surface area (TPSA) is 88.2 Å². The predicted molar refractivity (Wildman–Crippen MR) is 89.7 cm³/mol. The molecule has 0 radical (unpaired) electrons. The first-order valence-electron chi connectivity index (χ1n) is 7.09. The Morgan fingerprint density at radius 3 is 2.41 bits per heavy atom. The van der Waals surface area contributed by atoms with Gasteiger partial charge in [-0.05, 0) is 55.9 Å². The van der Waals surface area contributed by atoms with Crippen molar-refractivity contribution in [1.29, 1.82) is 5.41 Å². The summed E-state index contributed by atoms with van der Waals surface area (Å²) in [7, 11) is 0. The van der Waals surface area contributed by atoms with Crippen LogP contribution in [0.15, 0.2) is 24.3 Å². The molecule has 0 aromatic heterocycles. The van der Waals surface area contributed by atoms with Crippen LogP contribution >= 0.6 is 24.0 Å². The van der Waals surface area contributed by atoms with Gasteiger partial charge in [-0.25, -0.2) is 0 Å². The van der Waals surface area contributed by atoms with Gasteiger partial charge in [-0.15, -0.1) is 12.4 Å². The molecule has 0 saturated heterocycles. The summed E-state index contributed by atoms with van der Waals surface area (Å²) in [5.41, 5.74) is 5.27. The Morgan fingerprint density at radius 2 is 1.86 bits per heavy atom. The smallest absolute Gasteiger partial charge is 0.314 e. The summed E-state index contributed by atoms with van der Waals surface area (Å²) < 4.78 is 5.37. The Morgan fingerprint density at radius 1 is 1.27 bits per heavy atom. The molecule has 1 fully saturated rings. The summed E-state index contributed by atoms with van der Waals surface area (Å²) in [6.45, 7) is 0.703. The summed E-state index contributed by atoms with van der Waals surface area (Å²) >= 11 is 5.79. The van der Waals surface area contributed by atoms with Gasteiger partial charge in [0.2, 0.25) is 0 Å². The van der Waals surface area contributed by atoms with Gasteiger partial charge >= 0.3 is 5.97 Å². The third kappa shape index (κ3) is 5.73. The minimum Gasteiger partial charge on any atom is -0.426 e. The number of nitrogens with two attached hydrogens (primary N) is 1. The first-order chi connectivity index (χ1) is 10.0. The van der Waals surface area contributed by atoms with Gasteiger partial charge in [-0.3, -0.25) is 10.2 Å². The molecule has 122 valence electrons. The van der Waals surface area contributed by atoms with Crippen molar-refractivity contribution in [1.82, 2.24) is 5.32 Å². The molecule has 0 unspecified atom stereocenters. The monoisotopic (exact) mass is 345 g/mol. The Hall–Kier alpha value is -1.46. The lowest BCUT2D eigenvalue weighted by Gasteiger charge is -2.27. The van der Waals surface area contributed by atoms with Crippen LogP contribution < -0.4 is 15.8 Å². The Kier molecular flexibility index (Phi) is 7.48. The first-order valence-corrected chi connectivity index (χ1v) is 7.47. The van der Waals surface area contributed by atoms with Crippen molar-refractivity contribution < 1.29 is 9.53 Å². The van der Waals surface area contributed by atoms with Gasteiger partial charge in [0.25, 0.3) is 0 Å². The van der Waals surface area contributed by atoms with E-state index in [1.165, 1.54) is 0 Å². The standard InChI is InChI=1S/C15H20ClN3O2.ClH/c16-12-5-7-13(8-6-12)21-14(20)11-3-1-10(2-4-11)9-19-15(17)18;/h5-8,10-11H,1-4,9H2,(H4,17,18,19);1H/t10-,11-;. The summed E-state index contributed by atoms with van der Waals surface area (Å²) in [4.78, 5) is 12.1. The Balaban J connectivity index is 0.00000242. The van der Waals surface area contributed by atoms with Crippen LogP contribution in [0.1, 0.15) is 25.7 Å². The predicted octanol–water partition coefficient (Wildman–Crippen LogP) is 2.96. The number of esters is 1. The summed E-state index contributed by atoms with van der Waals surface area (Å²) in [5, 5.41) is 10.6. The van der Waals surface area contributed by atoms with Crippen LogP contribution in [0.2, 0.25) is 5.02 Å². The van der Waals surface area contributed by atoms with Crippen molar-refractivity contribution in [2.75, 3.05) is 6.54 Å². The Bertz CT molecular complexity index is 500. The average Bonchev–Trinajstić information content (AvgIpc) is 2.48. The molecule has 0 heterocycles. The number of guanidine groups is 1. The van der Waals surface area contributed by atoms with Gasteiger partial charge in [0.15, 0.2) is 5.96 Å². The summed E-state index contributed by atoms with van der Waals surface area (Å²) in [6, 6.07) is 6.80. The van der Waals surface area contributed by atoms with Crippen molar-refractivity contribution in [2.45, 2.75) is 25.7 Å². The fourth-order valence-corrected chi connectivity index (χ4v) is 2.68. The largest absolute Gasteiger partial charge is 0.426 e. The van der Waals surface area contributed by atoms with E-state index in [0.717, 1.165) is 25.7 Å². The van der Waals surface area contributed by atoms with E-state index in [0.29, 0.717) is 23.2 Å². The molecule has 0 amide bonds. The fraction of sp³-hybridized carbons (Fsp3) is 0.467. The third-order valence-electron chi connectivity index (χ3n) is 3.79. The minimum atomic E-state index is -0.171. The zero-order chi connectivity index (χ0) is 15.2. The van der Waals surface area contributed by atoms with Gasteiger partial charge in [-0.1, -0.05) is 11.6 Å². The van der Waals surface area contributed by atoms with Gasteiger partial charge in [0.05, 0.1) is 5.92 Å². The lowest BCUT2D eigenvalue weighted by atomic mass is 9.82. The SMILES string of the molecule is Cl.N=C(N)NC[C@H]1CC[C@H](C(=O)Oc2ccc(Cl)cc2)CC1. The maximum atomic E-state index is 12.1. The van der Waals surface area contributed by atoms with Crippen LogP contribution in [-0.2, 0) is 4.79 Å². The lowest BCUT2D eigenvalue weighted by molar-refractivity contribution is -0.140. The number of hydrogen-bond acceptors (Lipinski definition) is 3. The van der Waals surface area contributed by atoms with Gasteiger partial charge < -0.3 is 15.8 Å². The minimum absolute atomic E-state index is 0. The molecule has 5 nitrogen and oxygen atoms in total. The van der Waals surface area contributed by atoms with E-state index >= 15 is 0 Å². The maximum absolute atomic E-state index is 12.1. The molecule has 2 rings (SSSR count). The second-order valence-electron chi connectivity index (χ2n) is 5.39. The number of ether oxygens (including phenoxy) is 1. The van der Waals surface area contributed by atoms with Crippen LogP contribution in [0, 0.1) is 17.2 Å². The highest BCUT2D eigenvalue weighted by atomic mass is 35.5. The fourth-order valence-electron chi connectivity index (χ4n) is 2.56. The number of nitrogens with one attached hydrogen (secondary N) is 2. The normalized spacial score (nSPS) is 20.6. The number of rotatable bonds is 4. The lowest BCUT2D eigenvalue weighted by Crippen LogP contribution is -2.36. The van der Waals surface area contributed by atoms with Gasteiger partial charge in [0, 0.05) is 11.6 Å². The van der Waals surface area contributed by atoms with Crippen molar-refractivity contribution >= 4 is 35.9 Å². The highest BCUT2D eigenvalue weighted by molar-refractivity contribution is 6.30. The van der Waals surface area contributed by atoms with Crippen LogP contribution in [0.4, 0.5) is 0 Å². The molecule has 22 heavy (non-hydrogen) atoms. The van der Waals surface area contributed by atoms with Gasteiger partial charge in [0.1, 0.15) is 5.75 Å². The number of carbonyl (C=O) groups excluding carboxylic acids is 1. The molecule has 1 aromatic rings. The number of hydrogen-bond donors (Lipinski definition) is 3. The molecule has 7 heteroatoms. The quantitative estimate of drug-likeness (QED) is 0.338. The molecular formula is C15H21Cl2N3O2. The van der Waals surface area contributed by atoms with Crippen LogP contribution in [0.3, 0.4) is 0 Å². The van der Waals surface area contributed by atoms with Crippen LogP contribution in [-0.4, -0.2) is 18.5 Å². The molecule has 1 aromatic carbocycles. The zero-order valence-corrected chi connectivity index (χ0v) is 13.8. The highest BCUT2D eigenvalue weighted by Crippen LogP contribution is 2.29. The molecule has 0 aliphatic heterocycles. The van der Waals surface area contributed by atoms with Gasteiger partial charge in [-0.2, -0.15) is 0 Å². The number of benzene rings is 1. The second kappa shape index (κ2) is 8.86. The van der Waals surface area contributed by atoms with E-state index in [2.05, 4.69) is 5.32 Å². The molecule has 4 N–H and O–H groups in total. The maximum Gasteiger partial charge on any atom is 0.314 e. The van der Waals surface area contributed by atoms with Crippen molar-refractivity contribution in [3.05, 3.63) is 29.3 Å². The molecular weight excluding hydrogens is 325 g/mol.